The molecule has 3 aromatic carbocycles. The fourth-order valence-corrected chi connectivity index (χ4v) is 4.43. The third-order valence-electron chi connectivity index (χ3n) is 4.94. The zero-order valence-corrected chi connectivity index (χ0v) is 18.9. The first kappa shape index (κ1) is 22.5. The summed E-state index contributed by atoms with van der Waals surface area (Å²) in [6, 6.07) is 19.9. The normalized spacial score (nSPS) is 12.9. The van der Waals surface area contributed by atoms with Gasteiger partial charge in [0.1, 0.15) is 23.9 Å². The lowest BCUT2D eigenvalue weighted by Gasteiger charge is -2.29. The number of hydrogen-bond donors (Lipinski definition) is 1. The maximum Gasteiger partial charge on any atom is 0.265 e. The third kappa shape index (κ3) is 5.38. The number of amides is 1. The Morgan fingerprint density at radius 3 is 2.36 bits per heavy atom. The number of sulfonamides is 1. The zero-order chi connectivity index (χ0) is 23.3. The maximum atomic E-state index is 12.7. The van der Waals surface area contributed by atoms with Gasteiger partial charge in [-0.2, -0.15) is 0 Å². The lowest BCUT2D eigenvalue weighted by molar-refractivity contribution is -0.120. The number of anilines is 2. The summed E-state index contributed by atoms with van der Waals surface area (Å²) in [6.07, 6.45) is 0. The molecule has 0 radical (unpaired) electrons. The van der Waals surface area contributed by atoms with Crippen molar-refractivity contribution in [2.45, 2.75) is 11.8 Å². The molecule has 0 spiro atoms. The summed E-state index contributed by atoms with van der Waals surface area (Å²) >= 11 is 0. The molecule has 0 unspecified atom stereocenters. The number of para-hydroxylation sites is 2. The minimum atomic E-state index is -3.77. The summed E-state index contributed by atoms with van der Waals surface area (Å²) in [7, 11) is -3.77. The van der Waals surface area contributed by atoms with Crippen LogP contribution >= 0.6 is 0 Å². The second-order valence-corrected chi connectivity index (χ2v) is 8.87. The molecule has 1 aliphatic rings. The van der Waals surface area contributed by atoms with Crippen molar-refractivity contribution in [2.24, 2.45) is 0 Å². The molecule has 33 heavy (non-hydrogen) atoms. The van der Waals surface area contributed by atoms with Gasteiger partial charge in [0.05, 0.1) is 23.7 Å². The number of benzene rings is 3. The number of nitrogens with zero attached hydrogens (tertiary/aromatic N) is 1. The van der Waals surface area contributed by atoms with Crippen molar-refractivity contribution in [3.05, 3.63) is 72.8 Å². The van der Waals surface area contributed by atoms with Crippen LogP contribution in [0.4, 0.5) is 11.4 Å². The van der Waals surface area contributed by atoms with E-state index in [9.17, 15) is 13.2 Å². The summed E-state index contributed by atoms with van der Waals surface area (Å²) < 4.78 is 44.4. The SMILES string of the molecule is CCOc1ccc(NS(=O)(=O)c2ccc(OCC(=O)N3CCOc4ccccc43)cc2)cc1. The van der Waals surface area contributed by atoms with Gasteiger partial charge in [0.15, 0.2) is 6.61 Å². The number of nitrogens with one attached hydrogen (secondary N) is 1. The van der Waals surface area contributed by atoms with Gasteiger partial charge in [-0.1, -0.05) is 12.1 Å². The van der Waals surface area contributed by atoms with Crippen LogP contribution in [0.25, 0.3) is 0 Å². The molecule has 1 heterocycles. The fourth-order valence-electron chi connectivity index (χ4n) is 3.37. The lowest BCUT2D eigenvalue weighted by Crippen LogP contribution is -2.40. The highest BCUT2D eigenvalue weighted by atomic mass is 32.2. The van der Waals surface area contributed by atoms with E-state index < -0.39 is 10.0 Å². The van der Waals surface area contributed by atoms with E-state index in [0.717, 1.165) is 0 Å². The highest BCUT2D eigenvalue weighted by Gasteiger charge is 2.23. The van der Waals surface area contributed by atoms with Crippen molar-refractivity contribution < 1.29 is 27.4 Å². The molecule has 0 saturated heterocycles. The Bertz CT molecular complexity index is 1210. The van der Waals surface area contributed by atoms with Gasteiger partial charge in [-0.05, 0) is 67.6 Å². The number of carbonyl (C=O) groups excluding carboxylic acids is 1. The lowest BCUT2D eigenvalue weighted by atomic mass is 10.2. The largest absolute Gasteiger partial charge is 0.494 e. The standard InChI is InChI=1S/C24H24N2O6S/c1-2-30-19-9-7-18(8-10-19)25-33(28,29)21-13-11-20(12-14-21)32-17-24(27)26-15-16-31-23-6-4-3-5-22(23)26/h3-14,25H,2,15-17H2,1H3. The number of carbonyl (C=O) groups is 1. The molecule has 4 rings (SSSR count). The Labute approximate surface area is 192 Å². The number of fused-ring (bicyclic) bond motifs is 1. The van der Waals surface area contributed by atoms with Crippen molar-refractivity contribution in [2.75, 3.05) is 36.0 Å². The molecule has 0 fully saturated rings. The Kier molecular flexibility index (Phi) is 6.69. The molecule has 1 N–H and O–H groups in total. The predicted molar refractivity (Wildman–Crippen MR) is 125 cm³/mol. The van der Waals surface area contributed by atoms with Gasteiger partial charge in [0, 0.05) is 5.69 Å². The topological polar surface area (TPSA) is 94.2 Å². The molecular weight excluding hydrogens is 444 g/mol. The van der Waals surface area contributed by atoms with Gasteiger partial charge >= 0.3 is 0 Å². The molecule has 1 aliphatic heterocycles. The van der Waals surface area contributed by atoms with Gasteiger partial charge < -0.3 is 19.1 Å². The van der Waals surface area contributed by atoms with Crippen LogP contribution in [0.1, 0.15) is 6.92 Å². The van der Waals surface area contributed by atoms with Crippen LogP contribution in [0.2, 0.25) is 0 Å². The Morgan fingerprint density at radius 1 is 0.970 bits per heavy atom. The monoisotopic (exact) mass is 468 g/mol. The van der Waals surface area contributed by atoms with Gasteiger partial charge in [0.25, 0.3) is 15.9 Å². The van der Waals surface area contributed by atoms with E-state index in [1.807, 2.05) is 31.2 Å². The molecule has 0 aliphatic carbocycles. The summed E-state index contributed by atoms with van der Waals surface area (Å²) in [5.74, 6) is 1.51. The van der Waals surface area contributed by atoms with Crippen molar-refractivity contribution in [1.82, 2.24) is 0 Å². The molecule has 1 amide bonds. The number of ether oxygens (including phenoxy) is 3. The van der Waals surface area contributed by atoms with Gasteiger partial charge in [-0.15, -0.1) is 0 Å². The summed E-state index contributed by atoms with van der Waals surface area (Å²) in [6.45, 7) is 3.08. The van der Waals surface area contributed by atoms with E-state index in [1.165, 1.54) is 24.3 Å². The van der Waals surface area contributed by atoms with Crippen LogP contribution in [0.3, 0.4) is 0 Å². The Balaban J connectivity index is 1.36. The molecule has 0 aromatic heterocycles. The molecule has 9 heteroatoms. The average molecular weight is 469 g/mol. The second-order valence-electron chi connectivity index (χ2n) is 7.18. The predicted octanol–water partition coefficient (Wildman–Crippen LogP) is 3.69. The van der Waals surface area contributed by atoms with E-state index in [2.05, 4.69) is 4.72 Å². The number of hydrogen-bond acceptors (Lipinski definition) is 6. The first-order valence-electron chi connectivity index (χ1n) is 10.5. The molecule has 0 atom stereocenters. The van der Waals surface area contributed by atoms with Crippen molar-refractivity contribution in [3.8, 4) is 17.2 Å². The van der Waals surface area contributed by atoms with E-state index in [1.54, 1.807) is 29.2 Å². The van der Waals surface area contributed by atoms with E-state index in [0.29, 0.717) is 48.4 Å². The van der Waals surface area contributed by atoms with Gasteiger partial charge in [0.2, 0.25) is 0 Å². The highest BCUT2D eigenvalue weighted by Crippen LogP contribution is 2.31. The fraction of sp³-hybridized carbons (Fsp3) is 0.208. The minimum absolute atomic E-state index is 0.0807. The number of rotatable bonds is 8. The summed E-state index contributed by atoms with van der Waals surface area (Å²) in [5.41, 5.74) is 1.13. The van der Waals surface area contributed by atoms with E-state index in [4.69, 9.17) is 14.2 Å². The molecular formula is C24H24N2O6S. The van der Waals surface area contributed by atoms with Gasteiger partial charge in [-0.3, -0.25) is 9.52 Å². The van der Waals surface area contributed by atoms with Gasteiger partial charge in [-0.25, -0.2) is 8.42 Å². The smallest absolute Gasteiger partial charge is 0.265 e. The molecule has 0 saturated carbocycles. The van der Waals surface area contributed by atoms with Crippen LogP contribution in [0.15, 0.2) is 77.7 Å². The Hall–Kier alpha value is -3.72. The minimum Gasteiger partial charge on any atom is -0.494 e. The van der Waals surface area contributed by atoms with Crippen LogP contribution in [-0.4, -0.2) is 40.7 Å². The summed E-state index contributed by atoms with van der Waals surface area (Å²) in [4.78, 5) is 14.4. The summed E-state index contributed by atoms with van der Waals surface area (Å²) in [5, 5.41) is 0. The maximum absolute atomic E-state index is 12.7. The Morgan fingerprint density at radius 2 is 1.64 bits per heavy atom. The van der Waals surface area contributed by atoms with Crippen molar-refractivity contribution in [1.29, 1.82) is 0 Å². The van der Waals surface area contributed by atoms with Crippen LogP contribution in [0.5, 0.6) is 17.2 Å². The molecule has 172 valence electrons. The first-order valence-corrected chi connectivity index (χ1v) is 12.0. The zero-order valence-electron chi connectivity index (χ0n) is 18.1. The van der Waals surface area contributed by atoms with Crippen LogP contribution in [0, 0.1) is 0 Å². The van der Waals surface area contributed by atoms with Crippen LogP contribution < -0.4 is 23.8 Å². The van der Waals surface area contributed by atoms with E-state index in [-0.39, 0.29) is 17.4 Å². The molecule has 0 bridgehead atoms. The molecule has 3 aromatic rings. The average Bonchev–Trinajstić information content (AvgIpc) is 2.83. The quantitative estimate of drug-likeness (QED) is 0.542. The third-order valence-corrected chi connectivity index (χ3v) is 6.34. The van der Waals surface area contributed by atoms with Crippen molar-refractivity contribution in [3.63, 3.8) is 0 Å². The first-order chi connectivity index (χ1) is 16.0. The van der Waals surface area contributed by atoms with Crippen molar-refractivity contribution >= 4 is 27.3 Å². The highest BCUT2D eigenvalue weighted by molar-refractivity contribution is 7.92. The van der Waals surface area contributed by atoms with E-state index >= 15 is 0 Å². The second kappa shape index (κ2) is 9.83. The molecule has 8 nitrogen and oxygen atoms in total. The van der Waals surface area contributed by atoms with Crippen LogP contribution in [-0.2, 0) is 14.8 Å².